The highest BCUT2D eigenvalue weighted by atomic mass is 16.5. The third kappa shape index (κ3) is 3.63. The minimum Gasteiger partial charge on any atom is -0.508 e. The van der Waals surface area contributed by atoms with Crippen LogP contribution >= 0.6 is 0 Å². The predicted molar refractivity (Wildman–Crippen MR) is 168 cm³/mol. The van der Waals surface area contributed by atoms with E-state index in [2.05, 4.69) is 37.0 Å². The Hall–Kier alpha value is -1.80. The van der Waals surface area contributed by atoms with Crippen LogP contribution in [0.25, 0.3) is 0 Å². The van der Waals surface area contributed by atoms with Crippen LogP contribution in [0.1, 0.15) is 120 Å². The summed E-state index contributed by atoms with van der Waals surface area (Å²) in [4.78, 5) is 0. The number of ether oxygens (including phenoxy) is 1. The summed E-state index contributed by atoms with van der Waals surface area (Å²) >= 11 is 0. The monoisotopic (exact) mass is 581 g/mol. The summed E-state index contributed by atoms with van der Waals surface area (Å²) in [5, 5.41) is 21.6. The second-order valence-electron chi connectivity index (χ2n) is 16.9. The van der Waals surface area contributed by atoms with Crippen LogP contribution < -0.4 is 5.73 Å². The van der Waals surface area contributed by atoms with Gasteiger partial charge in [0.05, 0.1) is 23.0 Å². The molecule has 11 atom stereocenters. The van der Waals surface area contributed by atoms with Gasteiger partial charge >= 0.3 is 0 Å². The van der Waals surface area contributed by atoms with Gasteiger partial charge in [-0.25, -0.2) is 0 Å². The Morgan fingerprint density at radius 3 is 2.51 bits per heavy atom. The van der Waals surface area contributed by atoms with E-state index in [4.69, 9.17) is 10.5 Å². The Morgan fingerprint density at radius 2 is 1.72 bits per heavy atom. The highest BCUT2D eigenvalue weighted by Gasteiger charge is 2.76. The number of phenolic OH excluding ortho intramolecular Hbond substituents is 1. The smallest absolute Gasteiger partial charge is 0.115 e. The molecule has 9 aliphatic rings. The summed E-state index contributed by atoms with van der Waals surface area (Å²) in [6.07, 6.45) is 22.3. The maximum Gasteiger partial charge on any atom is 0.115 e. The van der Waals surface area contributed by atoms with E-state index in [-0.39, 0.29) is 41.5 Å². The maximum absolute atomic E-state index is 11.0. The molecular weight excluding hydrogens is 530 g/mol. The minimum atomic E-state index is -0.550. The molecule has 4 nitrogen and oxygen atoms in total. The van der Waals surface area contributed by atoms with E-state index < -0.39 is 5.54 Å². The van der Waals surface area contributed by atoms with Gasteiger partial charge in [0.25, 0.3) is 0 Å². The van der Waals surface area contributed by atoms with Crippen LogP contribution in [0, 0.1) is 58.7 Å². The molecule has 1 aromatic rings. The normalized spacial score (nSPS) is 48.8. The van der Waals surface area contributed by atoms with Gasteiger partial charge in [-0.1, -0.05) is 55.7 Å². The number of hydrogen-bond acceptors (Lipinski definition) is 4. The first-order valence-corrected chi connectivity index (χ1v) is 17.9. The predicted octanol–water partition coefficient (Wildman–Crippen LogP) is 7.19. The fraction of sp³-hybridized carbons (Fsp3) is 0.744. The Labute approximate surface area is 258 Å². The molecule has 5 saturated carbocycles. The summed E-state index contributed by atoms with van der Waals surface area (Å²) in [6, 6.07) is 6.07. The van der Waals surface area contributed by atoms with Crippen molar-refractivity contribution in [2.45, 2.75) is 125 Å². The van der Waals surface area contributed by atoms with E-state index in [1.807, 2.05) is 12.1 Å². The number of fused-ring (bicyclic) bond motifs is 9. The summed E-state index contributed by atoms with van der Waals surface area (Å²) < 4.78 is 7.97. The largest absolute Gasteiger partial charge is 0.508 e. The number of nitrogens with two attached hydrogens (primary N) is 1. The molecule has 2 aliphatic heterocycles. The standard InChI is InChI=1S/C39H51NO3/c1-36(27-6-2-3-7-27)35-25-8-11-28(23-41)39(35,40)34-15-10-24-9-13-31(32-14-12-30(42)19-33(24)32)26-18-29(38(34,21-25)43-36)22-37(20-26)16-4-5-17-37/h9,12-14,19,24-29,31,34-35,41-42H,2-8,11,16-18,20-23,40H2,1H3/t24-,25+,26-,28-,29+,31-,34-,35+,36-,38+,39-/m0/s1. The van der Waals surface area contributed by atoms with Crippen LogP contribution in [-0.4, -0.2) is 33.6 Å². The van der Waals surface area contributed by atoms with E-state index in [0.717, 1.165) is 19.3 Å². The van der Waals surface area contributed by atoms with Crippen molar-refractivity contribution in [3.63, 3.8) is 0 Å². The average Bonchev–Trinajstić information content (AvgIpc) is 3.69. The highest BCUT2D eigenvalue weighted by Crippen LogP contribution is 2.71. The van der Waals surface area contributed by atoms with E-state index in [0.29, 0.717) is 40.8 Å². The van der Waals surface area contributed by atoms with Crippen molar-refractivity contribution >= 4 is 0 Å². The van der Waals surface area contributed by atoms with E-state index in [1.165, 1.54) is 81.8 Å². The van der Waals surface area contributed by atoms with Crippen molar-refractivity contribution in [2.24, 2.45) is 52.6 Å². The molecule has 2 saturated heterocycles. The summed E-state index contributed by atoms with van der Waals surface area (Å²) in [5.74, 6) is 10.7. The number of rotatable bonds is 2. The second-order valence-corrected chi connectivity index (χ2v) is 16.9. The fourth-order valence-corrected chi connectivity index (χ4v) is 13.6. The van der Waals surface area contributed by atoms with E-state index in [9.17, 15) is 10.2 Å². The number of aromatic hydroxyl groups is 1. The summed E-state index contributed by atoms with van der Waals surface area (Å²) in [7, 11) is 0. The molecule has 2 spiro atoms. The molecule has 1 aromatic carbocycles. The highest BCUT2D eigenvalue weighted by molar-refractivity contribution is 5.50. The van der Waals surface area contributed by atoms with Gasteiger partial charge in [-0.05, 0) is 123 Å². The van der Waals surface area contributed by atoms with Crippen LogP contribution in [-0.2, 0) is 4.74 Å². The molecule has 0 unspecified atom stereocenters. The van der Waals surface area contributed by atoms with Crippen LogP contribution in [0.2, 0.25) is 0 Å². The lowest BCUT2D eigenvalue weighted by molar-refractivity contribution is -0.359. The lowest BCUT2D eigenvalue weighted by Crippen LogP contribution is -2.84. The molecule has 4 N–H and O–H groups in total. The molecule has 10 rings (SSSR count). The van der Waals surface area contributed by atoms with Crippen molar-refractivity contribution in [1.29, 1.82) is 0 Å². The molecule has 2 heterocycles. The number of aliphatic hydroxyl groups excluding tert-OH is 1. The van der Waals surface area contributed by atoms with Gasteiger partial charge in [0.15, 0.2) is 0 Å². The molecule has 0 aromatic heterocycles. The lowest BCUT2D eigenvalue weighted by Gasteiger charge is -2.75. The summed E-state index contributed by atoms with van der Waals surface area (Å²) in [5.41, 5.74) is 9.79. The third-order valence-corrected chi connectivity index (χ3v) is 15.1. The van der Waals surface area contributed by atoms with Crippen molar-refractivity contribution in [3.05, 3.63) is 41.5 Å². The Balaban J connectivity index is 1.29. The van der Waals surface area contributed by atoms with Crippen LogP contribution in [0.3, 0.4) is 0 Å². The first kappa shape index (κ1) is 27.5. The number of phenols is 1. The number of allylic oxidation sites excluding steroid dienone is 2. The SMILES string of the molecule is C[C@@]1(C2CCCC2)O[C@@]23C[C@H]4CC[C@@H](CO)[C@](N)([C@H]2C#C[C@@H]2C=C[C@H](c5ccc(O)cc52)[C@H]2C[C@@H]3CC3(CCCC3)C2)[C@H]41. The van der Waals surface area contributed by atoms with Gasteiger partial charge in [0, 0.05) is 29.9 Å². The number of benzene rings is 1. The number of hydrogen-bond donors (Lipinski definition) is 3. The van der Waals surface area contributed by atoms with Gasteiger partial charge in [-0.3, -0.25) is 0 Å². The van der Waals surface area contributed by atoms with E-state index in [1.54, 1.807) is 0 Å². The molecule has 43 heavy (non-hydrogen) atoms. The average molecular weight is 582 g/mol. The molecule has 7 aliphatic carbocycles. The Morgan fingerprint density at radius 1 is 0.907 bits per heavy atom. The zero-order valence-corrected chi connectivity index (χ0v) is 26.1. The molecular formula is C39H51NO3. The first-order valence-electron chi connectivity index (χ1n) is 17.9. The second kappa shape index (κ2) is 9.37. The van der Waals surface area contributed by atoms with Crippen LogP contribution in [0.4, 0.5) is 0 Å². The van der Waals surface area contributed by atoms with Crippen molar-refractivity contribution in [3.8, 4) is 17.6 Å². The molecule has 8 bridgehead atoms. The van der Waals surface area contributed by atoms with Crippen molar-refractivity contribution < 1.29 is 14.9 Å². The topological polar surface area (TPSA) is 75.7 Å². The Bertz CT molecular complexity index is 1390. The minimum absolute atomic E-state index is 0.0500. The molecule has 0 radical (unpaired) electrons. The molecule has 4 heteroatoms. The van der Waals surface area contributed by atoms with Gasteiger partial charge in [-0.15, -0.1) is 0 Å². The maximum atomic E-state index is 11.0. The van der Waals surface area contributed by atoms with Gasteiger partial charge in [-0.2, -0.15) is 0 Å². The molecule has 7 fully saturated rings. The van der Waals surface area contributed by atoms with Crippen molar-refractivity contribution in [1.82, 2.24) is 0 Å². The fourth-order valence-electron chi connectivity index (χ4n) is 13.6. The van der Waals surface area contributed by atoms with Crippen LogP contribution in [0.5, 0.6) is 5.75 Å². The third-order valence-electron chi connectivity index (χ3n) is 15.1. The van der Waals surface area contributed by atoms with E-state index >= 15 is 0 Å². The van der Waals surface area contributed by atoms with Gasteiger partial charge in [0.2, 0.25) is 0 Å². The first-order chi connectivity index (χ1) is 20.8. The Kier molecular flexibility index (Phi) is 5.99. The lowest BCUT2D eigenvalue weighted by atomic mass is 9.39. The van der Waals surface area contributed by atoms with Gasteiger partial charge in [0.1, 0.15) is 5.75 Å². The quantitative estimate of drug-likeness (QED) is 0.255. The molecule has 0 amide bonds. The summed E-state index contributed by atoms with van der Waals surface area (Å²) in [6.45, 7) is 2.61. The zero-order chi connectivity index (χ0) is 29.2. The zero-order valence-electron chi connectivity index (χ0n) is 26.1. The molecule has 230 valence electrons. The number of aliphatic hydroxyl groups is 1. The van der Waals surface area contributed by atoms with Crippen LogP contribution in [0.15, 0.2) is 30.4 Å². The van der Waals surface area contributed by atoms with Crippen molar-refractivity contribution in [2.75, 3.05) is 6.61 Å². The van der Waals surface area contributed by atoms with Gasteiger partial charge < -0.3 is 20.7 Å².